The number of benzene rings is 1. The summed E-state index contributed by atoms with van der Waals surface area (Å²) in [5.74, 6) is -0.00711. The summed E-state index contributed by atoms with van der Waals surface area (Å²) in [6.07, 6.45) is 1.72. The third-order valence-electron chi connectivity index (χ3n) is 2.50. The number of nitrogens with one attached hydrogen (secondary N) is 2. The molecule has 1 aromatic carbocycles. The van der Waals surface area contributed by atoms with Crippen LogP contribution in [-0.2, 0) is 15.8 Å². The second-order valence-corrected chi connectivity index (χ2v) is 5.68. The van der Waals surface area contributed by atoms with Crippen molar-refractivity contribution in [2.24, 2.45) is 0 Å². The van der Waals surface area contributed by atoms with E-state index in [2.05, 4.69) is 9.71 Å². The summed E-state index contributed by atoms with van der Waals surface area (Å²) >= 11 is 0. The average Bonchev–Trinajstić information content (AvgIpc) is 2.78. The number of aromatic amines is 1. The number of sulfonamides is 1. The van der Waals surface area contributed by atoms with Crippen molar-refractivity contribution in [3.05, 3.63) is 48.2 Å². The van der Waals surface area contributed by atoms with Gasteiger partial charge in [-0.2, -0.15) is 0 Å². The largest absolute Gasteiger partial charge is 0.361 e. The third kappa shape index (κ3) is 2.95. The Morgan fingerprint density at radius 3 is 2.59 bits per heavy atom. The van der Waals surface area contributed by atoms with E-state index in [0.717, 1.165) is 16.8 Å². The molecule has 0 saturated carbocycles. The third-order valence-corrected chi connectivity index (χ3v) is 3.83. The van der Waals surface area contributed by atoms with Crippen LogP contribution < -0.4 is 4.72 Å². The summed E-state index contributed by atoms with van der Waals surface area (Å²) in [5.41, 5.74) is 2.71. The topological polar surface area (TPSA) is 62.0 Å². The predicted molar refractivity (Wildman–Crippen MR) is 67.9 cm³/mol. The normalized spacial score (nSPS) is 11.6. The van der Waals surface area contributed by atoms with Crippen LogP contribution >= 0.6 is 0 Å². The second kappa shape index (κ2) is 4.73. The number of hydrogen-bond acceptors (Lipinski definition) is 2. The van der Waals surface area contributed by atoms with Gasteiger partial charge in [0.2, 0.25) is 10.0 Å². The molecule has 1 aromatic heterocycles. The molecular weight excluding hydrogens is 236 g/mol. The SMILES string of the molecule is CNS(=O)(=O)Cc1c[nH]c(-c2ccccc2)c1. The zero-order chi connectivity index (χ0) is 12.3. The van der Waals surface area contributed by atoms with Gasteiger partial charge in [0.1, 0.15) is 0 Å². The molecule has 2 N–H and O–H groups in total. The van der Waals surface area contributed by atoms with Gasteiger partial charge in [0.25, 0.3) is 0 Å². The molecule has 0 aliphatic rings. The van der Waals surface area contributed by atoms with E-state index in [1.54, 1.807) is 6.20 Å². The van der Waals surface area contributed by atoms with Crippen molar-refractivity contribution < 1.29 is 8.42 Å². The molecule has 0 atom stereocenters. The summed E-state index contributed by atoms with van der Waals surface area (Å²) in [4.78, 5) is 3.08. The number of hydrogen-bond donors (Lipinski definition) is 2. The van der Waals surface area contributed by atoms with Gasteiger partial charge in [-0.1, -0.05) is 30.3 Å². The molecule has 0 radical (unpaired) electrons. The van der Waals surface area contributed by atoms with Gasteiger partial charge in [-0.05, 0) is 24.2 Å². The summed E-state index contributed by atoms with van der Waals surface area (Å²) in [6.45, 7) is 0. The molecule has 17 heavy (non-hydrogen) atoms. The molecule has 0 fully saturated rings. The van der Waals surface area contributed by atoms with Crippen LogP contribution in [0.25, 0.3) is 11.3 Å². The predicted octanol–water partition coefficient (Wildman–Crippen LogP) is 1.73. The fourth-order valence-corrected chi connectivity index (χ4v) is 2.35. The van der Waals surface area contributed by atoms with Crippen molar-refractivity contribution in [2.45, 2.75) is 5.75 Å². The first-order valence-corrected chi connectivity index (χ1v) is 6.90. The molecule has 0 bridgehead atoms. The fourth-order valence-electron chi connectivity index (χ4n) is 1.60. The van der Waals surface area contributed by atoms with Gasteiger partial charge in [-0.15, -0.1) is 0 Å². The molecule has 5 heteroatoms. The lowest BCUT2D eigenvalue weighted by Gasteiger charge is -1.98. The fraction of sp³-hybridized carbons (Fsp3) is 0.167. The Kier molecular flexibility index (Phi) is 3.31. The van der Waals surface area contributed by atoms with Crippen molar-refractivity contribution in [1.29, 1.82) is 0 Å². The van der Waals surface area contributed by atoms with E-state index < -0.39 is 10.0 Å². The quantitative estimate of drug-likeness (QED) is 0.868. The Bertz CT molecular complexity index is 588. The molecule has 0 saturated heterocycles. The summed E-state index contributed by atoms with van der Waals surface area (Å²) in [5, 5.41) is 0. The van der Waals surface area contributed by atoms with Crippen molar-refractivity contribution in [3.8, 4) is 11.3 Å². The minimum atomic E-state index is -3.21. The molecule has 0 spiro atoms. The summed E-state index contributed by atoms with van der Waals surface area (Å²) < 4.78 is 25.1. The number of rotatable bonds is 4. The molecule has 0 aliphatic heterocycles. The molecule has 0 unspecified atom stereocenters. The molecule has 2 aromatic rings. The van der Waals surface area contributed by atoms with Gasteiger partial charge in [0.15, 0.2) is 0 Å². The van der Waals surface area contributed by atoms with Crippen LogP contribution in [0.3, 0.4) is 0 Å². The summed E-state index contributed by atoms with van der Waals surface area (Å²) in [6, 6.07) is 11.6. The first-order valence-electron chi connectivity index (χ1n) is 5.25. The maximum atomic E-state index is 11.4. The van der Waals surface area contributed by atoms with Gasteiger partial charge in [-0.3, -0.25) is 0 Å². The highest BCUT2D eigenvalue weighted by Gasteiger charge is 2.10. The average molecular weight is 250 g/mol. The van der Waals surface area contributed by atoms with Crippen LogP contribution in [0.5, 0.6) is 0 Å². The van der Waals surface area contributed by atoms with E-state index in [9.17, 15) is 8.42 Å². The zero-order valence-corrected chi connectivity index (χ0v) is 10.3. The lowest BCUT2D eigenvalue weighted by atomic mass is 10.1. The Balaban J connectivity index is 2.23. The van der Waals surface area contributed by atoms with Crippen molar-refractivity contribution in [3.63, 3.8) is 0 Å². The molecule has 4 nitrogen and oxygen atoms in total. The molecule has 2 rings (SSSR count). The Morgan fingerprint density at radius 2 is 1.94 bits per heavy atom. The minimum Gasteiger partial charge on any atom is -0.361 e. The van der Waals surface area contributed by atoms with Gasteiger partial charge in [0, 0.05) is 11.9 Å². The van der Waals surface area contributed by atoms with E-state index in [0.29, 0.717) is 0 Å². The van der Waals surface area contributed by atoms with E-state index in [1.165, 1.54) is 7.05 Å². The molecule has 0 aliphatic carbocycles. The summed E-state index contributed by atoms with van der Waals surface area (Å²) in [7, 11) is -1.79. The standard InChI is InChI=1S/C12H14N2O2S/c1-13-17(15,16)9-10-7-12(14-8-10)11-5-3-2-4-6-11/h2-8,13-14H,9H2,1H3. The Labute approximate surface area is 101 Å². The lowest BCUT2D eigenvalue weighted by Crippen LogP contribution is -2.20. The minimum absolute atomic E-state index is 0.00711. The molecule has 0 amide bonds. The monoisotopic (exact) mass is 250 g/mol. The highest BCUT2D eigenvalue weighted by Crippen LogP contribution is 2.19. The highest BCUT2D eigenvalue weighted by atomic mass is 32.2. The van der Waals surface area contributed by atoms with Crippen LogP contribution in [0.2, 0.25) is 0 Å². The smallest absolute Gasteiger partial charge is 0.215 e. The van der Waals surface area contributed by atoms with Crippen molar-refractivity contribution in [2.75, 3.05) is 7.05 Å². The lowest BCUT2D eigenvalue weighted by molar-refractivity contribution is 0.587. The van der Waals surface area contributed by atoms with Crippen LogP contribution in [0, 0.1) is 0 Å². The van der Waals surface area contributed by atoms with Gasteiger partial charge >= 0.3 is 0 Å². The highest BCUT2D eigenvalue weighted by molar-refractivity contribution is 7.88. The molecular formula is C12H14N2O2S. The van der Waals surface area contributed by atoms with E-state index >= 15 is 0 Å². The Hall–Kier alpha value is -1.59. The number of H-pyrrole nitrogens is 1. The molecule has 90 valence electrons. The maximum Gasteiger partial charge on any atom is 0.215 e. The van der Waals surface area contributed by atoms with Crippen LogP contribution in [0.4, 0.5) is 0 Å². The van der Waals surface area contributed by atoms with Crippen molar-refractivity contribution >= 4 is 10.0 Å². The maximum absolute atomic E-state index is 11.4. The van der Waals surface area contributed by atoms with Gasteiger partial charge in [-0.25, -0.2) is 13.1 Å². The van der Waals surface area contributed by atoms with Crippen LogP contribution in [0.1, 0.15) is 5.56 Å². The Morgan fingerprint density at radius 1 is 1.24 bits per heavy atom. The van der Waals surface area contributed by atoms with E-state index in [4.69, 9.17) is 0 Å². The molecule has 1 heterocycles. The van der Waals surface area contributed by atoms with E-state index in [-0.39, 0.29) is 5.75 Å². The van der Waals surface area contributed by atoms with Gasteiger partial charge < -0.3 is 4.98 Å². The van der Waals surface area contributed by atoms with E-state index in [1.807, 2.05) is 36.4 Å². The number of aromatic nitrogens is 1. The second-order valence-electron chi connectivity index (χ2n) is 3.75. The van der Waals surface area contributed by atoms with Crippen molar-refractivity contribution in [1.82, 2.24) is 9.71 Å². The van der Waals surface area contributed by atoms with Crippen LogP contribution in [-0.4, -0.2) is 20.4 Å². The first kappa shape index (κ1) is 11.9. The zero-order valence-electron chi connectivity index (χ0n) is 9.47. The first-order chi connectivity index (χ1) is 8.11. The van der Waals surface area contributed by atoms with Gasteiger partial charge in [0.05, 0.1) is 5.75 Å². The van der Waals surface area contributed by atoms with Crippen LogP contribution in [0.15, 0.2) is 42.6 Å².